The van der Waals surface area contributed by atoms with Gasteiger partial charge >= 0.3 is 0 Å². The molecule has 6 heteroatoms. The van der Waals surface area contributed by atoms with Gasteiger partial charge in [0.2, 0.25) is 5.91 Å². The SMILES string of the molecule is C=C1/C=C\C=C/CCC(CC(=O)N[C@H](CN2CCCC2)[C@H](O)c2ccc(OC)c(F)c2)C1. The summed E-state index contributed by atoms with van der Waals surface area (Å²) >= 11 is 0. The lowest BCUT2D eigenvalue weighted by atomic mass is 9.91. The third kappa shape index (κ3) is 7.04. The number of allylic oxidation sites excluding steroid dienone is 5. The van der Waals surface area contributed by atoms with Crippen molar-refractivity contribution >= 4 is 5.91 Å². The predicted octanol–water partition coefficient (Wildman–Crippen LogP) is 4.31. The Morgan fingerprint density at radius 1 is 1.34 bits per heavy atom. The van der Waals surface area contributed by atoms with Gasteiger partial charge in [-0.2, -0.15) is 0 Å². The molecule has 1 aliphatic carbocycles. The molecule has 0 radical (unpaired) electrons. The second-order valence-corrected chi connectivity index (χ2v) is 8.82. The molecule has 1 aromatic carbocycles. The van der Waals surface area contributed by atoms with Gasteiger partial charge in [-0.3, -0.25) is 4.79 Å². The molecule has 1 aromatic rings. The van der Waals surface area contributed by atoms with Crippen LogP contribution in [-0.2, 0) is 4.79 Å². The molecular formula is C26H35FN2O3. The van der Waals surface area contributed by atoms with Crippen molar-refractivity contribution in [1.82, 2.24) is 10.2 Å². The first kappa shape index (κ1) is 24.2. The number of ether oxygens (including phenoxy) is 1. The first-order valence-electron chi connectivity index (χ1n) is 11.5. The Bertz CT molecular complexity index is 845. The van der Waals surface area contributed by atoms with Crippen molar-refractivity contribution in [2.24, 2.45) is 5.92 Å². The lowest BCUT2D eigenvalue weighted by Gasteiger charge is -2.29. The van der Waals surface area contributed by atoms with E-state index in [0.717, 1.165) is 50.8 Å². The Labute approximate surface area is 190 Å². The van der Waals surface area contributed by atoms with Crippen molar-refractivity contribution in [2.45, 2.75) is 50.7 Å². The number of benzene rings is 1. The van der Waals surface area contributed by atoms with Crippen molar-refractivity contribution in [3.63, 3.8) is 0 Å². The van der Waals surface area contributed by atoms with Gasteiger partial charge in [0.15, 0.2) is 11.6 Å². The molecule has 1 unspecified atom stereocenters. The Balaban J connectivity index is 1.69. The molecule has 2 N–H and O–H groups in total. The molecule has 3 rings (SSSR count). The van der Waals surface area contributed by atoms with E-state index in [1.165, 1.54) is 19.2 Å². The van der Waals surface area contributed by atoms with Gasteiger partial charge in [0.25, 0.3) is 0 Å². The molecular weight excluding hydrogens is 407 g/mol. The van der Waals surface area contributed by atoms with Gasteiger partial charge in [0, 0.05) is 13.0 Å². The third-order valence-electron chi connectivity index (χ3n) is 6.24. The zero-order valence-electron chi connectivity index (χ0n) is 18.9. The summed E-state index contributed by atoms with van der Waals surface area (Å²) in [5, 5.41) is 14.1. The van der Waals surface area contributed by atoms with E-state index in [0.29, 0.717) is 18.5 Å². The number of methoxy groups -OCH3 is 1. The fourth-order valence-electron chi connectivity index (χ4n) is 4.51. The first-order valence-corrected chi connectivity index (χ1v) is 11.5. The second-order valence-electron chi connectivity index (χ2n) is 8.82. The van der Waals surface area contributed by atoms with Crippen LogP contribution in [0.15, 0.2) is 54.7 Å². The van der Waals surface area contributed by atoms with Gasteiger partial charge in [-0.15, -0.1) is 0 Å². The molecule has 174 valence electrons. The highest BCUT2D eigenvalue weighted by Crippen LogP contribution is 2.26. The van der Waals surface area contributed by atoms with E-state index >= 15 is 0 Å². The summed E-state index contributed by atoms with van der Waals surface area (Å²) in [7, 11) is 1.41. The number of likely N-dealkylation sites (tertiary alicyclic amines) is 1. The number of nitrogens with one attached hydrogen (secondary N) is 1. The standard InChI is InChI=1S/C26H35FN2O3/c1-19-9-5-3-4-6-10-20(15-19)16-25(30)28-23(18-29-13-7-8-14-29)26(31)21-11-12-24(32-2)22(27)17-21/h3-5,9,11-12,17,20,23,26,31H,1,6-8,10,13-16,18H2,2H3,(H,28,30)/b4-3-,9-5-/t20?,23-,26-/m1/s1. The smallest absolute Gasteiger partial charge is 0.220 e. The number of aliphatic hydroxyl groups excluding tert-OH is 1. The van der Waals surface area contributed by atoms with Gasteiger partial charge < -0.3 is 20.1 Å². The van der Waals surface area contributed by atoms with Gasteiger partial charge in [0.1, 0.15) is 6.10 Å². The Kier molecular flexibility index (Phi) is 9.06. The van der Waals surface area contributed by atoms with E-state index in [2.05, 4.69) is 22.9 Å². The maximum atomic E-state index is 14.2. The number of rotatable bonds is 8. The number of carbonyl (C=O) groups is 1. The highest BCUT2D eigenvalue weighted by Gasteiger charge is 2.28. The summed E-state index contributed by atoms with van der Waals surface area (Å²) in [4.78, 5) is 15.2. The fraction of sp³-hybridized carbons (Fsp3) is 0.500. The molecule has 1 amide bonds. The van der Waals surface area contributed by atoms with Crippen LogP contribution in [0.5, 0.6) is 5.75 Å². The monoisotopic (exact) mass is 442 g/mol. The molecule has 1 saturated heterocycles. The van der Waals surface area contributed by atoms with E-state index in [4.69, 9.17) is 4.74 Å². The van der Waals surface area contributed by atoms with E-state index in [1.807, 2.05) is 18.2 Å². The number of amides is 1. The largest absolute Gasteiger partial charge is 0.494 e. The van der Waals surface area contributed by atoms with Gasteiger partial charge in [-0.05, 0) is 68.8 Å². The molecule has 0 aromatic heterocycles. The topological polar surface area (TPSA) is 61.8 Å². The van der Waals surface area contributed by atoms with Crippen LogP contribution in [0.2, 0.25) is 0 Å². The Hall–Kier alpha value is -2.44. The second kappa shape index (κ2) is 12.0. The van der Waals surface area contributed by atoms with Crippen molar-refractivity contribution in [3.05, 3.63) is 66.0 Å². The van der Waals surface area contributed by atoms with Crippen LogP contribution in [-0.4, -0.2) is 48.7 Å². The molecule has 5 nitrogen and oxygen atoms in total. The number of hydrogen-bond acceptors (Lipinski definition) is 4. The van der Waals surface area contributed by atoms with Crippen LogP contribution in [0, 0.1) is 11.7 Å². The number of nitrogens with zero attached hydrogens (tertiary/aromatic N) is 1. The molecule has 0 spiro atoms. The fourth-order valence-corrected chi connectivity index (χ4v) is 4.51. The molecule has 1 fully saturated rings. The van der Waals surface area contributed by atoms with E-state index in [1.54, 1.807) is 6.07 Å². The zero-order chi connectivity index (χ0) is 22.9. The number of aliphatic hydroxyl groups is 1. The third-order valence-corrected chi connectivity index (χ3v) is 6.24. The average Bonchev–Trinajstić information content (AvgIpc) is 3.30. The zero-order valence-corrected chi connectivity index (χ0v) is 18.9. The number of hydrogen-bond donors (Lipinski definition) is 2. The van der Waals surface area contributed by atoms with Crippen LogP contribution >= 0.6 is 0 Å². The Morgan fingerprint density at radius 2 is 2.12 bits per heavy atom. The molecule has 0 bridgehead atoms. The minimum Gasteiger partial charge on any atom is -0.494 e. The minimum atomic E-state index is -1.01. The van der Waals surface area contributed by atoms with Crippen molar-refractivity contribution < 1.29 is 19.0 Å². The molecule has 32 heavy (non-hydrogen) atoms. The van der Waals surface area contributed by atoms with Crippen molar-refractivity contribution in [1.29, 1.82) is 0 Å². The molecule has 1 aliphatic heterocycles. The maximum absolute atomic E-state index is 14.2. The summed E-state index contributed by atoms with van der Waals surface area (Å²) in [6, 6.07) is 3.92. The van der Waals surface area contributed by atoms with Crippen LogP contribution < -0.4 is 10.1 Å². The van der Waals surface area contributed by atoms with Gasteiger partial charge in [0.05, 0.1) is 13.2 Å². The highest BCUT2D eigenvalue weighted by atomic mass is 19.1. The van der Waals surface area contributed by atoms with Crippen molar-refractivity contribution in [3.8, 4) is 5.75 Å². The lowest BCUT2D eigenvalue weighted by Crippen LogP contribution is -2.47. The van der Waals surface area contributed by atoms with E-state index in [9.17, 15) is 14.3 Å². The summed E-state index contributed by atoms with van der Waals surface area (Å²) < 4.78 is 19.2. The average molecular weight is 443 g/mol. The molecule has 0 saturated carbocycles. The lowest BCUT2D eigenvalue weighted by molar-refractivity contribution is -0.123. The highest BCUT2D eigenvalue weighted by molar-refractivity contribution is 5.76. The summed E-state index contributed by atoms with van der Waals surface area (Å²) in [6.07, 6.45) is 12.3. The molecule has 1 heterocycles. The van der Waals surface area contributed by atoms with Gasteiger partial charge in [-0.25, -0.2) is 4.39 Å². The summed E-state index contributed by atoms with van der Waals surface area (Å²) in [6.45, 7) is 6.50. The van der Waals surface area contributed by atoms with Crippen LogP contribution in [0.25, 0.3) is 0 Å². The summed E-state index contributed by atoms with van der Waals surface area (Å²) in [5.41, 5.74) is 1.44. The first-order chi connectivity index (χ1) is 15.5. The maximum Gasteiger partial charge on any atom is 0.220 e. The van der Waals surface area contributed by atoms with Crippen LogP contribution in [0.4, 0.5) is 4.39 Å². The predicted molar refractivity (Wildman–Crippen MR) is 125 cm³/mol. The van der Waals surface area contributed by atoms with E-state index in [-0.39, 0.29) is 17.6 Å². The normalized spacial score (nSPS) is 23.5. The Morgan fingerprint density at radius 3 is 2.84 bits per heavy atom. The van der Waals surface area contributed by atoms with E-state index < -0.39 is 18.0 Å². The van der Waals surface area contributed by atoms with Crippen LogP contribution in [0.3, 0.4) is 0 Å². The summed E-state index contributed by atoms with van der Waals surface area (Å²) in [5.74, 6) is -0.296. The number of halogens is 1. The number of carbonyl (C=O) groups excluding carboxylic acids is 1. The minimum absolute atomic E-state index is 0.0905. The molecule has 3 atom stereocenters. The van der Waals surface area contributed by atoms with Crippen LogP contribution in [0.1, 0.15) is 50.2 Å². The van der Waals surface area contributed by atoms with Gasteiger partial charge in [-0.1, -0.05) is 42.5 Å². The quantitative estimate of drug-likeness (QED) is 0.630. The van der Waals surface area contributed by atoms with Crippen molar-refractivity contribution in [2.75, 3.05) is 26.7 Å². The molecule has 2 aliphatic rings.